The van der Waals surface area contributed by atoms with Crippen molar-refractivity contribution in [3.8, 4) is 5.75 Å². The van der Waals surface area contributed by atoms with Gasteiger partial charge in [-0.15, -0.1) is 0 Å². The van der Waals surface area contributed by atoms with Gasteiger partial charge in [0.2, 0.25) is 21.8 Å². The summed E-state index contributed by atoms with van der Waals surface area (Å²) in [5.74, 6) is -0.493. The summed E-state index contributed by atoms with van der Waals surface area (Å²) in [4.78, 5) is 29.7. The first-order valence-corrected chi connectivity index (χ1v) is 16.3. The first kappa shape index (κ1) is 31.4. The predicted molar refractivity (Wildman–Crippen MR) is 166 cm³/mol. The fourth-order valence-electron chi connectivity index (χ4n) is 5.32. The number of hydrogen-bond donors (Lipinski definition) is 1. The molecule has 1 N–H and O–H groups in total. The number of ether oxygens (including phenoxy) is 1. The maximum absolute atomic E-state index is 14.3. The van der Waals surface area contributed by atoms with Crippen LogP contribution in [0.25, 0.3) is 0 Å². The van der Waals surface area contributed by atoms with E-state index >= 15 is 0 Å². The highest BCUT2D eigenvalue weighted by atomic mass is 35.5. The topological polar surface area (TPSA) is 96.0 Å². The van der Waals surface area contributed by atoms with Crippen molar-refractivity contribution in [3.63, 3.8) is 0 Å². The number of hydrogen-bond acceptors (Lipinski definition) is 5. The molecule has 10 heteroatoms. The lowest BCUT2D eigenvalue weighted by Crippen LogP contribution is -2.54. The summed E-state index contributed by atoms with van der Waals surface area (Å²) in [6.07, 6.45) is 5.15. The van der Waals surface area contributed by atoms with Crippen LogP contribution < -0.4 is 14.4 Å². The first-order valence-electron chi connectivity index (χ1n) is 14.1. The largest absolute Gasteiger partial charge is 0.495 e. The summed E-state index contributed by atoms with van der Waals surface area (Å²) in [5, 5.41) is 3.61. The highest BCUT2D eigenvalue weighted by molar-refractivity contribution is 7.92. The molecule has 0 spiro atoms. The van der Waals surface area contributed by atoms with Crippen molar-refractivity contribution in [3.05, 3.63) is 94.5 Å². The zero-order valence-corrected chi connectivity index (χ0v) is 25.8. The van der Waals surface area contributed by atoms with Gasteiger partial charge in [-0.25, -0.2) is 8.42 Å². The van der Waals surface area contributed by atoms with Gasteiger partial charge in [0.05, 0.1) is 19.1 Å². The summed E-state index contributed by atoms with van der Waals surface area (Å²) in [6, 6.07) is 20.9. The van der Waals surface area contributed by atoms with E-state index < -0.39 is 28.5 Å². The maximum Gasteiger partial charge on any atom is 0.244 e. The molecule has 3 aromatic rings. The third-order valence-electron chi connectivity index (χ3n) is 7.55. The van der Waals surface area contributed by atoms with Crippen LogP contribution in [0.1, 0.15) is 42.4 Å². The van der Waals surface area contributed by atoms with Crippen molar-refractivity contribution in [1.29, 1.82) is 0 Å². The van der Waals surface area contributed by atoms with Crippen molar-refractivity contribution >= 4 is 39.1 Å². The van der Waals surface area contributed by atoms with Gasteiger partial charge in [-0.2, -0.15) is 0 Å². The average Bonchev–Trinajstić information content (AvgIpc) is 3.47. The molecule has 8 nitrogen and oxygen atoms in total. The van der Waals surface area contributed by atoms with Crippen LogP contribution in [0.2, 0.25) is 5.02 Å². The van der Waals surface area contributed by atoms with Gasteiger partial charge in [0.25, 0.3) is 0 Å². The highest BCUT2D eigenvalue weighted by Crippen LogP contribution is 2.31. The third kappa shape index (κ3) is 8.04. The van der Waals surface area contributed by atoms with Crippen LogP contribution >= 0.6 is 11.6 Å². The summed E-state index contributed by atoms with van der Waals surface area (Å²) in [7, 11) is -2.47. The lowest BCUT2D eigenvalue weighted by Gasteiger charge is -2.34. The van der Waals surface area contributed by atoms with Gasteiger partial charge in [0, 0.05) is 24.0 Å². The quantitative estimate of drug-likeness (QED) is 0.307. The number of aryl methyl sites for hydroxylation is 1. The zero-order chi connectivity index (χ0) is 30.3. The van der Waals surface area contributed by atoms with E-state index in [2.05, 4.69) is 5.32 Å². The molecule has 0 radical (unpaired) electrons. The number of carbonyl (C=O) groups excluding carboxylic acids is 2. The standard InChI is InChI=1S/C32H38ClN3O5S/c1-23-17-18-30(41-2)28(19-23)36(42(3,39)40)22-31(37)35(21-25-13-7-10-16-27(25)33)29(20-24-11-5-4-6-12-24)32(38)34-26-14-8-9-15-26/h4-7,10-13,16-19,26,29H,8-9,14-15,20-22H2,1-3H3,(H,34,38)/t29-/m1/s1. The number of amides is 2. The second kappa shape index (κ2) is 14.1. The lowest BCUT2D eigenvalue weighted by molar-refractivity contribution is -0.140. The van der Waals surface area contributed by atoms with Gasteiger partial charge in [-0.05, 0) is 54.7 Å². The first-order chi connectivity index (χ1) is 20.1. The normalized spacial score (nSPS) is 14.3. The van der Waals surface area contributed by atoms with Crippen molar-refractivity contribution in [1.82, 2.24) is 10.2 Å². The van der Waals surface area contributed by atoms with Crippen molar-refractivity contribution < 1.29 is 22.7 Å². The average molecular weight is 612 g/mol. The Morgan fingerprint density at radius 3 is 2.33 bits per heavy atom. The van der Waals surface area contributed by atoms with Crippen LogP contribution in [-0.2, 0) is 32.6 Å². The molecule has 1 atom stereocenters. The fourth-order valence-corrected chi connectivity index (χ4v) is 6.36. The number of nitrogens with one attached hydrogen (secondary N) is 1. The number of rotatable bonds is 12. The molecule has 4 rings (SSSR count). The molecule has 2 amide bonds. The Labute approximate surface area is 253 Å². The van der Waals surface area contributed by atoms with Crippen LogP contribution in [-0.4, -0.2) is 57.1 Å². The minimum absolute atomic E-state index is 0.0245. The molecular weight excluding hydrogens is 574 g/mol. The number of sulfonamides is 1. The Morgan fingerprint density at radius 2 is 1.69 bits per heavy atom. The second-order valence-corrected chi connectivity index (χ2v) is 13.1. The fraction of sp³-hybridized carbons (Fsp3) is 0.375. The predicted octanol–water partition coefficient (Wildman–Crippen LogP) is 5.12. The Hall–Kier alpha value is -3.56. The minimum atomic E-state index is -3.92. The van der Waals surface area contributed by atoms with Crippen LogP contribution in [0, 0.1) is 6.92 Å². The summed E-state index contributed by atoms with van der Waals surface area (Å²) in [5.41, 5.74) is 2.58. The molecular formula is C32H38ClN3O5S. The molecule has 1 saturated carbocycles. The molecule has 224 valence electrons. The van der Waals surface area contributed by atoms with E-state index in [1.54, 1.807) is 36.4 Å². The maximum atomic E-state index is 14.3. The van der Waals surface area contributed by atoms with E-state index in [9.17, 15) is 18.0 Å². The lowest BCUT2D eigenvalue weighted by atomic mass is 10.0. The molecule has 1 fully saturated rings. The monoisotopic (exact) mass is 611 g/mol. The van der Waals surface area contributed by atoms with E-state index in [0.29, 0.717) is 16.3 Å². The number of methoxy groups -OCH3 is 1. The van der Waals surface area contributed by atoms with Crippen LogP contribution in [0.4, 0.5) is 5.69 Å². The Kier molecular flexibility index (Phi) is 10.5. The van der Waals surface area contributed by atoms with Gasteiger partial charge < -0.3 is 15.0 Å². The minimum Gasteiger partial charge on any atom is -0.495 e. The summed E-state index contributed by atoms with van der Waals surface area (Å²) >= 11 is 6.52. The molecule has 0 saturated heterocycles. The highest BCUT2D eigenvalue weighted by Gasteiger charge is 2.35. The summed E-state index contributed by atoms with van der Waals surface area (Å²) in [6.45, 7) is 1.33. The molecule has 1 aliphatic rings. The van der Waals surface area contributed by atoms with E-state index in [1.807, 2.05) is 43.3 Å². The van der Waals surface area contributed by atoms with Gasteiger partial charge in [0.1, 0.15) is 18.3 Å². The molecule has 42 heavy (non-hydrogen) atoms. The smallest absolute Gasteiger partial charge is 0.244 e. The van der Waals surface area contributed by atoms with Crippen molar-refractivity contribution in [2.24, 2.45) is 0 Å². The number of anilines is 1. The van der Waals surface area contributed by atoms with Gasteiger partial charge >= 0.3 is 0 Å². The molecule has 1 aliphatic carbocycles. The second-order valence-electron chi connectivity index (χ2n) is 10.8. The number of carbonyl (C=O) groups is 2. The summed E-state index contributed by atoms with van der Waals surface area (Å²) < 4.78 is 32.7. The number of halogens is 1. The van der Waals surface area contributed by atoms with E-state index in [4.69, 9.17) is 16.3 Å². The Balaban J connectivity index is 1.76. The molecule has 0 unspecified atom stereocenters. The SMILES string of the molecule is COc1ccc(C)cc1N(CC(=O)N(Cc1ccccc1Cl)[C@H](Cc1ccccc1)C(=O)NC1CCCC1)S(C)(=O)=O. The zero-order valence-electron chi connectivity index (χ0n) is 24.3. The van der Waals surface area contributed by atoms with E-state index in [0.717, 1.165) is 47.4 Å². The molecule has 0 aromatic heterocycles. The van der Waals surface area contributed by atoms with Gasteiger partial charge in [0.15, 0.2) is 0 Å². The van der Waals surface area contributed by atoms with Gasteiger partial charge in [-0.3, -0.25) is 13.9 Å². The Morgan fingerprint density at radius 1 is 1.02 bits per heavy atom. The van der Waals surface area contributed by atoms with Gasteiger partial charge in [-0.1, -0.05) is 79.0 Å². The van der Waals surface area contributed by atoms with Crippen molar-refractivity contribution in [2.45, 2.75) is 57.7 Å². The van der Waals surface area contributed by atoms with E-state index in [-0.39, 0.29) is 30.6 Å². The third-order valence-corrected chi connectivity index (χ3v) is 9.05. The molecule has 0 heterocycles. The van der Waals surface area contributed by atoms with Crippen molar-refractivity contribution in [2.75, 3.05) is 24.2 Å². The molecule has 3 aromatic carbocycles. The number of benzene rings is 3. The number of nitrogens with zero attached hydrogens (tertiary/aromatic N) is 2. The molecule has 0 bridgehead atoms. The Bertz CT molecular complexity index is 1490. The van der Waals surface area contributed by atoms with Crippen LogP contribution in [0.3, 0.4) is 0 Å². The van der Waals surface area contributed by atoms with Crippen LogP contribution in [0.5, 0.6) is 5.75 Å². The molecule has 0 aliphatic heterocycles. The van der Waals surface area contributed by atoms with Crippen LogP contribution in [0.15, 0.2) is 72.8 Å². The van der Waals surface area contributed by atoms with E-state index in [1.165, 1.54) is 12.0 Å².